The number of hydrogen-bond donors (Lipinski definition) is 1. The van der Waals surface area contributed by atoms with Crippen molar-refractivity contribution in [3.63, 3.8) is 0 Å². The summed E-state index contributed by atoms with van der Waals surface area (Å²) in [5.74, 6) is -0.0459. The lowest BCUT2D eigenvalue weighted by molar-refractivity contribution is 0.101. The van der Waals surface area contributed by atoms with E-state index in [1.807, 2.05) is 0 Å². The predicted octanol–water partition coefficient (Wildman–Crippen LogP) is 4.35. The van der Waals surface area contributed by atoms with Gasteiger partial charge in [0, 0.05) is 30.3 Å². The predicted molar refractivity (Wildman–Crippen MR) is 102 cm³/mol. The fraction of sp³-hybridized carbons (Fsp3) is 0.333. The number of nitrogens with zero attached hydrogens (tertiary/aromatic N) is 1. The van der Waals surface area contributed by atoms with Crippen molar-refractivity contribution in [3.8, 4) is 5.75 Å². The van der Waals surface area contributed by atoms with Gasteiger partial charge in [0.1, 0.15) is 0 Å². The van der Waals surface area contributed by atoms with Crippen LogP contribution in [0.5, 0.6) is 5.75 Å². The average molecular weight is 370 g/mol. The van der Waals surface area contributed by atoms with Crippen LogP contribution in [0, 0.1) is 11.7 Å². The normalized spacial score (nSPS) is 16.7. The molecule has 6 heteroatoms. The number of anilines is 1. The number of ether oxygens (including phenoxy) is 1. The van der Waals surface area contributed by atoms with Crippen molar-refractivity contribution in [1.29, 1.82) is 0 Å². The van der Waals surface area contributed by atoms with Gasteiger partial charge in [0.25, 0.3) is 0 Å². The summed E-state index contributed by atoms with van der Waals surface area (Å²) in [6.45, 7) is 3.07. The third-order valence-corrected chi connectivity index (χ3v) is 4.64. The summed E-state index contributed by atoms with van der Waals surface area (Å²) in [7, 11) is 0. The van der Waals surface area contributed by atoms with Crippen LogP contribution in [0.1, 0.15) is 30.1 Å². The van der Waals surface area contributed by atoms with Crippen molar-refractivity contribution >= 4 is 17.5 Å². The van der Waals surface area contributed by atoms with E-state index in [9.17, 15) is 14.0 Å². The number of carbonyl (C=O) groups excluding carboxylic acids is 2. The van der Waals surface area contributed by atoms with E-state index < -0.39 is 0 Å². The van der Waals surface area contributed by atoms with E-state index in [0.717, 1.165) is 12.8 Å². The van der Waals surface area contributed by atoms with Gasteiger partial charge in [-0.2, -0.15) is 0 Å². The third-order valence-electron chi connectivity index (χ3n) is 4.64. The first kappa shape index (κ1) is 18.9. The van der Waals surface area contributed by atoms with Gasteiger partial charge in [0.05, 0.1) is 6.61 Å². The lowest BCUT2D eigenvalue weighted by atomic mass is 9.99. The lowest BCUT2D eigenvalue weighted by Crippen LogP contribution is -2.43. The zero-order chi connectivity index (χ0) is 19.2. The van der Waals surface area contributed by atoms with Crippen molar-refractivity contribution in [2.75, 3.05) is 25.0 Å². The minimum Gasteiger partial charge on any atom is -0.490 e. The highest BCUT2D eigenvalue weighted by Crippen LogP contribution is 2.21. The lowest BCUT2D eigenvalue weighted by Gasteiger charge is -2.32. The molecule has 0 aliphatic carbocycles. The van der Waals surface area contributed by atoms with Crippen LogP contribution in [0.3, 0.4) is 0 Å². The average Bonchev–Trinajstić information content (AvgIpc) is 2.68. The monoisotopic (exact) mass is 370 g/mol. The molecule has 0 bridgehead atoms. The van der Waals surface area contributed by atoms with Crippen LogP contribution in [-0.4, -0.2) is 36.4 Å². The molecule has 2 aromatic carbocycles. The molecule has 1 N–H and O–H groups in total. The minimum absolute atomic E-state index is 0.0468. The number of likely N-dealkylation sites (tertiary alicyclic amines) is 1. The zero-order valence-corrected chi connectivity index (χ0v) is 15.3. The van der Waals surface area contributed by atoms with Gasteiger partial charge in [-0.1, -0.05) is 24.3 Å². The number of piperidine rings is 1. The maximum atomic E-state index is 13.7. The molecule has 2 aromatic rings. The van der Waals surface area contributed by atoms with Crippen LogP contribution in [-0.2, 0) is 0 Å². The molecule has 0 radical (unpaired) electrons. The second-order valence-corrected chi connectivity index (χ2v) is 6.76. The van der Waals surface area contributed by atoms with E-state index in [4.69, 9.17) is 4.74 Å². The van der Waals surface area contributed by atoms with E-state index in [1.165, 1.54) is 13.0 Å². The fourth-order valence-corrected chi connectivity index (χ4v) is 3.17. The smallest absolute Gasteiger partial charge is 0.321 e. The molecule has 0 saturated carbocycles. The molecular weight excluding hydrogens is 347 g/mol. The number of ketones is 1. The molecule has 1 aliphatic rings. The Morgan fingerprint density at radius 3 is 2.81 bits per heavy atom. The highest BCUT2D eigenvalue weighted by molar-refractivity contribution is 5.96. The topological polar surface area (TPSA) is 58.6 Å². The van der Waals surface area contributed by atoms with Crippen molar-refractivity contribution in [1.82, 2.24) is 4.90 Å². The molecule has 142 valence electrons. The van der Waals surface area contributed by atoms with Crippen molar-refractivity contribution in [3.05, 3.63) is 59.9 Å². The SMILES string of the molecule is CC(=O)c1cccc(NC(=O)N2CCC[C@H](COc3ccccc3F)C2)c1. The summed E-state index contributed by atoms with van der Waals surface area (Å²) < 4.78 is 19.3. The minimum atomic E-state index is -0.381. The number of benzene rings is 2. The number of urea groups is 1. The summed E-state index contributed by atoms with van der Waals surface area (Å²) in [6, 6.07) is 13.0. The van der Waals surface area contributed by atoms with Gasteiger partial charge in [0.2, 0.25) is 0 Å². The maximum Gasteiger partial charge on any atom is 0.321 e. The maximum absolute atomic E-state index is 13.7. The van der Waals surface area contributed by atoms with Crippen LogP contribution in [0.4, 0.5) is 14.9 Å². The van der Waals surface area contributed by atoms with Crippen LogP contribution in [0.15, 0.2) is 48.5 Å². The molecule has 3 rings (SSSR count). The van der Waals surface area contributed by atoms with E-state index in [-0.39, 0.29) is 29.3 Å². The largest absolute Gasteiger partial charge is 0.490 e. The molecule has 0 unspecified atom stereocenters. The van der Waals surface area contributed by atoms with Crippen LogP contribution in [0.25, 0.3) is 0 Å². The Morgan fingerprint density at radius 2 is 2.04 bits per heavy atom. The number of carbonyl (C=O) groups is 2. The Bertz CT molecular complexity index is 825. The second kappa shape index (κ2) is 8.66. The summed E-state index contributed by atoms with van der Waals surface area (Å²) in [5, 5.41) is 2.84. The summed E-state index contributed by atoms with van der Waals surface area (Å²) in [6.07, 6.45) is 1.80. The van der Waals surface area contributed by atoms with Gasteiger partial charge >= 0.3 is 6.03 Å². The highest BCUT2D eigenvalue weighted by Gasteiger charge is 2.24. The number of hydrogen-bond acceptors (Lipinski definition) is 3. The van der Waals surface area contributed by atoms with Crippen molar-refractivity contribution in [2.45, 2.75) is 19.8 Å². The zero-order valence-electron chi connectivity index (χ0n) is 15.3. The fourth-order valence-electron chi connectivity index (χ4n) is 3.17. The Hall–Kier alpha value is -2.89. The van der Waals surface area contributed by atoms with Crippen LogP contribution >= 0.6 is 0 Å². The molecule has 5 nitrogen and oxygen atoms in total. The number of halogens is 1. The third kappa shape index (κ3) is 5.06. The Morgan fingerprint density at radius 1 is 1.22 bits per heavy atom. The van der Waals surface area contributed by atoms with Gasteiger partial charge in [-0.25, -0.2) is 9.18 Å². The quantitative estimate of drug-likeness (QED) is 0.796. The second-order valence-electron chi connectivity index (χ2n) is 6.76. The molecule has 1 fully saturated rings. The van der Waals surface area contributed by atoms with Crippen LogP contribution in [0.2, 0.25) is 0 Å². The molecule has 27 heavy (non-hydrogen) atoms. The standard InChI is InChI=1S/C21H23FN2O3/c1-15(25)17-7-4-8-18(12-17)23-21(26)24-11-5-6-16(13-24)14-27-20-10-3-2-9-19(20)22/h2-4,7-10,12,16H,5-6,11,13-14H2,1H3,(H,23,26)/t16-/m0/s1. The number of Topliss-reactive ketones (excluding diaryl/α,β-unsaturated/α-hetero) is 1. The summed E-state index contributed by atoms with van der Waals surface area (Å²) in [4.78, 5) is 25.8. The van der Waals surface area contributed by atoms with E-state index in [0.29, 0.717) is 30.9 Å². The summed E-state index contributed by atoms with van der Waals surface area (Å²) in [5.41, 5.74) is 1.15. The number of amides is 2. The van der Waals surface area contributed by atoms with E-state index in [1.54, 1.807) is 47.4 Å². The Kier molecular flexibility index (Phi) is 6.06. The Labute approximate surface area is 158 Å². The first-order chi connectivity index (χ1) is 13.0. The van der Waals surface area contributed by atoms with Crippen molar-refractivity contribution < 1.29 is 18.7 Å². The van der Waals surface area contributed by atoms with Gasteiger partial charge in [0.15, 0.2) is 17.3 Å². The molecule has 1 heterocycles. The highest BCUT2D eigenvalue weighted by atomic mass is 19.1. The molecule has 1 saturated heterocycles. The van der Waals surface area contributed by atoms with Gasteiger partial charge in [-0.15, -0.1) is 0 Å². The van der Waals surface area contributed by atoms with E-state index in [2.05, 4.69) is 5.32 Å². The number of para-hydroxylation sites is 1. The number of rotatable bonds is 5. The van der Waals surface area contributed by atoms with Crippen LogP contribution < -0.4 is 10.1 Å². The van der Waals surface area contributed by atoms with Gasteiger partial charge in [-0.3, -0.25) is 4.79 Å². The molecular formula is C21H23FN2O3. The van der Waals surface area contributed by atoms with E-state index >= 15 is 0 Å². The first-order valence-corrected chi connectivity index (χ1v) is 9.07. The molecule has 0 aromatic heterocycles. The molecule has 0 spiro atoms. The molecule has 1 aliphatic heterocycles. The van der Waals surface area contributed by atoms with Gasteiger partial charge in [-0.05, 0) is 44.0 Å². The first-order valence-electron chi connectivity index (χ1n) is 9.07. The Balaban J connectivity index is 1.55. The van der Waals surface area contributed by atoms with Crippen molar-refractivity contribution in [2.24, 2.45) is 5.92 Å². The van der Waals surface area contributed by atoms with Gasteiger partial charge < -0.3 is 15.0 Å². The molecule has 1 atom stereocenters. The number of nitrogens with one attached hydrogen (secondary N) is 1. The molecule has 2 amide bonds. The summed E-state index contributed by atoms with van der Waals surface area (Å²) >= 11 is 0.